The van der Waals surface area contributed by atoms with Crippen molar-refractivity contribution in [3.05, 3.63) is 86.3 Å². The fraction of sp³-hybridized carbons (Fsp3) is 0.250. The molecule has 0 atom stereocenters. The summed E-state index contributed by atoms with van der Waals surface area (Å²) in [6.45, 7) is 0.642. The summed E-state index contributed by atoms with van der Waals surface area (Å²) in [5, 5.41) is 5.36. The second-order valence-corrected chi connectivity index (χ2v) is 9.69. The third-order valence-corrected chi connectivity index (χ3v) is 6.81. The summed E-state index contributed by atoms with van der Waals surface area (Å²) >= 11 is 13.9. The van der Waals surface area contributed by atoms with Crippen LogP contribution in [0.2, 0.25) is 10.0 Å². The lowest BCUT2D eigenvalue weighted by Crippen LogP contribution is -2.45. The second kappa shape index (κ2) is 10.5. The Morgan fingerprint density at radius 1 is 1.00 bits per heavy atom. The first-order chi connectivity index (χ1) is 15.9. The van der Waals surface area contributed by atoms with Gasteiger partial charge in [-0.25, -0.2) is 9.18 Å². The van der Waals surface area contributed by atoms with Crippen molar-refractivity contribution >= 4 is 52.2 Å². The summed E-state index contributed by atoms with van der Waals surface area (Å²) in [6.07, 6.45) is 1.67. The highest BCUT2D eigenvalue weighted by Crippen LogP contribution is 2.32. The quantitative estimate of drug-likeness (QED) is 0.384. The topological polar surface area (TPSA) is 52.7 Å². The van der Waals surface area contributed by atoms with Gasteiger partial charge in [0.1, 0.15) is 12.4 Å². The van der Waals surface area contributed by atoms with Crippen molar-refractivity contribution in [2.24, 2.45) is 0 Å². The molecule has 3 amide bonds. The zero-order valence-corrected chi connectivity index (χ0v) is 20.0. The van der Waals surface area contributed by atoms with Crippen LogP contribution in [0.1, 0.15) is 23.3 Å². The molecule has 1 fully saturated rings. The van der Waals surface area contributed by atoms with Gasteiger partial charge < -0.3 is 15.1 Å². The van der Waals surface area contributed by atoms with Crippen LogP contribution in [0.25, 0.3) is 0 Å². The van der Waals surface area contributed by atoms with Crippen molar-refractivity contribution in [2.75, 3.05) is 11.9 Å². The zero-order chi connectivity index (χ0) is 23.4. The van der Waals surface area contributed by atoms with Gasteiger partial charge in [0.2, 0.25) is 5.91 Å². The largest absolute Gasteiger partial charge is 0.332 e. The number of anilines is 1. The van der Waals surface area contributed by atoms with Crippen molar-refractivity contribution in [1.29, 1.82) is 0 Å². The molecular weight excluding hydrogens is 484 g/mol. The van der Waals surface area contributed by atoms with Crippen molar-refractivity contribution < 1.29 is 14.0 Å². The van der Waals surface area contributed by atoms with Gasteiger partial charge >= 0.3 is 6.03 Å². The number of hydrogen-bond donors (Lipinski definition) is 1. The first-order valence-corrected chi connectivity index (χ1v) is 12.1. The Morgan fingerprint density at radius 3 is 2.30 bits per heavy atom. The number of carbonyl (C=O) groups is 2. The molecule has 0 unspecified atom stereocenters. The monoisotopic (exact) mass is 505 g/mol. The first-order valence-electron chi connectivity index (χ1n) is 10.5. The van der Waals surface area contributed by atoms with E-state index in [1.54, 1.807) is 46.6 Å². The Kier molecular flexibility index (Phi) is 7.53. The number of rotatable bonds is 8. The molecule has 4 rings (SSSR count). The van der Waals surface area contributed by atoms with Crippen LogP contribution < -0.4 is 5.32 Å². The van der Waals surface area contributed by atoms with Gasteiger partial charge in [-0.05, 0) is 54.1 Å². The molecule has 9 heteroatoms. The number of para-hydroxylation sites is 1. The Labute approximate surface area is 205 Å². The normalized spacial score (nSPS) is 12.9. The number of amides is 3. The zero-order valence-electron chi connectivity index (χ0n) is 17.6. The third kappa shape index (κ3) is 6.25. The highest BCUT2D eigenvalue weighted by atomic mass is 35.5. The number of thiophene rings is 1. The van der Waals surface area contributed by atoms with E-state index in [-0.39, 0.29) is 24.3 Å². The van der Waals surface area contributed by atoms with Gasteiger partial charge in [0, 0.05) is 17.5 Å². The number of nitrogens with one attached hydrogen (secondary N) is 1. The molecule has 1 aromatic heterocycles. The maximum atomic E-state index is 13.4. The smallest absolute Gasteiger partial charge is 0.322 e. The van der Waals surface area contributed by atoms with Crippen LogP contribution >= 0.6 is 34.5 Å². The highest BCUT2D eigenvalue weighted by molar-refractivity contribution is 7.09. The molecule has 1 N–H and O–H groups in total. The van der Waals surface area contributed by atoms with E-state index in [1.807, 2.05) is 17.5 Å². The van der Waals surface area contributed by atoms with Crippen LogP contribution in [-0.4, -0.2) is 34.3 Å². The van der Waals surface area contributed by atoms with E-state index in [0.717, 1.165) is 23.3 Å². The summed E-state index contributed by atoms with van der Waals surface area (Å²) in [7, 11) is 0. The van der Waals surface area contributed by atoms with E-state index in [1.165, 1.54) is 17.0 Å². The number of nitrogens with zero attached hydrogens (tertiary/aromatic N) is 2. The molecule has 0 radical (unpaired) electrons. The van der Waals surface area contributed by atoms with Gasteiger partial charge in [-0.2, -0.15) is 0 Å². The fourth-order valence-corrected chi connectivity index (χ4v) is 4.64. The highest BCUT2D eigenvalue weighted by Gasteiger charge is 2.35. The molecule has 1 aliphatic carbocycles. The summed E-state index contributed by atoms with van der Waals surface area (Å²) < 4.78 is 13.3. The molecule has 1 aliphatic rings. The first kappa shape index (κ1) is 23.5. The Morgan fingerprint density at radius 2 is 1.70 bits per heavy atom. The molecule has 1 saturated carbocycles. The maximum absolute atomic E-state index is 13.4. The van der Waals surface area contributed by atoms with Crippen molar-refractivity contribution in [3.63, 3.8) is 0 Å². The molecule has 33 heavy (non-hydrogen) atoms. The molecule has 0 bridgehead atoms. The second-order valence-electron chi connectivity index (χ2n) is 7.84. The summed E-state index contributed by atoms with van der Waals surface area (Å²) in [5.41, 5.74) is 1.14. The SMILES string of the molecule is O=C(CN(C(=O)Nc1c(Cl)cccc1Cl)C1CC1)N(Cc1ccc(F)cc1)Cc1cccs1. The molecule has 0 spiro atoms. The molecule has 0 aliphatic heterocycles. The van der Waals surface area contributed by atoms with Crippen molar-refractivity contribution in [3.8, 4) is 0 Å². The van der Waals surface area contributed by atoms with Crippen molar-refractivity contribution in [2.45, 2.75) is 32.0 Å². The van der Waals surface area contributed by atoms with Gasteiger partial charge in [-0.1, -0.05) is 47.5 Å². The number of hydrogen-bond acceptors (Lipinski definition) is 3. The molecular formula is C24H22Cl2FN3O2S. The van der Waals surface area contributed by atoms with E-state index in [9.17, 15) is 14.0 Å². The summed E-state index contributed by atoms with van der Waals surface area (Å²) in [4.78, 5) is 30.7. The molecule has 1 heterocycles. The van der Waals surface area contributed by atoms with Gasteiger partial charge in [-0.3, -0.25) is 4.79 Å². The maximum Gasteiger partial charge on any atom is 0.322 e. The standard InChI is InChI=1S/C24H22Cl2FN3O2S/c25-20-4-1-5-21(26)23(20)28-24(32)30(18-10-11-18)15-22(31)29(14-19-3-2-12-33-19)13-16-6-8-17(27)9-7-16/h1-9,12,18H,10-11,13-15H2,(H,28,32). The van der Waals surface area contributed by atoms with Crippen LogP contribution in [0.15, 0.2) is 60.0 Å². The fourth-order valence-electron chi connectivity index (χ4n) is 3.43. The minimum atomic E-state index is -0.418. The van der Waals surface area contributed by atoms with Gasteiger partial charge in [0.15, 0.2) is 0 Å². The van der Waals surface area contributed by atoms with Crippen molar-refractivity contribution in [1.82, 2.24) is 9.80 Å². The molecule has 5 nitrogen and oxygen atoms in total. The minimum absolute atomic E-state index is 0.00961. The average molecular weight is 506 g/mol. The third-order valence-electron chi connectivity index (χ3n) is 5.32. The van der Waals surface area contributed by atoms with Crippen LogP contribution in [0.4, 0.5) is 14.9 Å². The Bertz CT molecular complexity index is 1100. The minimum Gasteiger partial charge on any atom is -0.332 e. The number of benzene rings is 2. The molecule has 3 aromatic rings. The predicted octanol–water partition coefficient (Wildman–Crippen LogP) is 6.42. The summed E-state index contributed by atoms with van der Waals surface area (Å²) in [5.74, 6) is -0.523. The molecule has 172 valence electrons. The van der Waals surface area contributed by atoms with E-state index in [4.69, 9.17) is 23.2 Å². The van der Waals surface area contributed by atoms with Gasteiger partial charge in [-0.15, -0.1) is 11.3 Å². The van der Waals surface area contributed by atoms with Crippen LogP contribution in [0.5, 0.6) is 0 Å². The van der Waals surface area contributed by atoms with Crippen LogP contribution in [-0.2, 0) is 17.9 Å². The number of urea groups is 1. The molecule has 2 aromatic carbocycles. The van der Waals surface area contributed by atoms with Gasteiger partial charge in [0.05, 0.1) is 22.3 Å². The lowest BCUT2D eigenvalue weighted by molar-refractivity contribution is -0.133. The average Bonchev–Trinajstić information content (AvgIpc) is 3.50. The number of carbonyl (C=O) groups excluding carboxylic acids is 2. The van der Waals surface area contributed by atoms with Crippen LogP contribution in [0.3, 0.4) is 0 Å². The molecule has 0 saturated heterocycles. The Hall–Kier alpha value is -2.61. The van der Waals surface area contributed by atoms with E-state index >= 15 is 0 Å². The lowest BCUT2D eigenvalue weighted by Gasteiger charge is -2.28. The van der Waals surface area contributed by atoms with Crippen LogP contribution in [0, 0.1) is 5.82 Å². The number of halogens is 3. The summed E-state index contributed by atoms with van der Waals surface area (Å²) in [6, 6.07) is 14.5. The van der Waals surface area contributed by atoms with E-state index in [2.05, 4.69) is 5.32 Å². The lowest BCUT2D eigenvalue weighted by atomic mass is 10.2. The van der Waals surface area contributed by atoms with E-state index in [0.29, 0.717) is 28.8 Å². The Balaban J connectivity index is 1.50. The van der Waals surface area contributed by atoms with Gasteiger partial charge in [0.25, 0.3) is 0 Å². The van der Waals surface area contributed by atoms with E-state index < -0.39 is 6.03 Å². The predicted molar refractivity (Wildman–Crippen MR) is 130 cm³/mol.